The van der Waals surface area contributed by atoms with Crippen LogP contribution in [0.25, 0.3) is 0 Å². The molecule has 0 aromatic heterocycles. The van der Waals surface area contributed by atoms with Gasteiger partial charge in [-0.3, -0.25) is 5.14 Å². The molecule has 92 valence electrons. The Morgan fingerprint density at radius 2 is 2.00 bits per heavy atom. The molecule has 1 atom stereocenters. The second-order valence-electron chi connectivity index (χ2n) is 4.84. The molecule has 3 N–H and O–H groups in total. The Bertz CT molecular complexity index is 377. The Balaban J connectivity index is 1.86. The fraction of sp³-hybridized carbons (Fsp3) is 0.538. The number of nitrogens with two attached hydrogens (primary N) is 1. The lowest BCUT2D eigenvalue weighted by Crippen LogP contribution is -2.39. The molecule has 2 aliphatic rings. The first-order valence-electron chi connectivity index (χ1n) is 6.28. The molecule has 4 heteroatoms. The highest BCUT2D eigenvalue weighted by Crippen LogP contribution is 2.56. The first kappa shape index (κ1) is 11.8. The van der Waals surface area contributed by atoms with Crippen LogP contribution in [-0.4, -0.2) is 4.20 Å². The van der Waals surface area contributed by atoms with Gasteiger partial charge in [-0.05, 0) is 36.9 Å². The minimum atomic E-state index is -0.0237. The van der Waals surface area contributed by atoms with E-state index in [9.17, 15) is 0 Å². The molecule has 0 radical (unpaired) electrons. The van der Waals surface area contributed by atoms with Crippen molar-refractivity contribution in [2.24, 2.45) is 11.1 Å². The van der Waals surface area contributed by atoms with Gasteiger partial charge >= 0.3 is 0 Å². The summed E-state index contributed by atoms with van der Waals surface area (Å²) < 4.78 is -0.0237. The predicted molar refractivity (Wildman–Crippen MR) is 77.0 cm³/mol. The van der Waals surface area contributed by atoms with Crippen LogP contribution in [0.4, 0.5) is 5.69 Å². The van der Waals surface area contributed by atoms with Gasteiger partial charge in [0, 0.05) is 16.5 Å². The topological polar surface area (TPSA) is 38.0 Å². The zero-order valence-corrected chi connectivity index (χ0v) is 11.4. The second kappa shape index (κ2) is 4.75. The van der Waals surface area contributed by atoms with Crippen LogP contribution in [-0.2, 0) is 0 Å². The van der Waals surface area contributed by atoms with Crippen molar-refractivity contribution in [3.8, 4) is 0 Å². The smallest absolute Gasteiger partial charge is 0.152 e. The minimum Gasteiger partial charge on any atom is -0.360 e. The number of rotatable bonds is 2. The zero-order valence-electron chi connectivity index (χ0n) is 9.82. The van der Waals surface area contributed by atoms with Crippen molar-refractivity contribution in [3.05, 3.63) is 24.3 Å². The fourth-order valence-corrected chi connectivity index (χ4v) is 5.18. The van der Waals surface area contributed by atoms with Crippen LogP contribution in [0.15, 0.2) is 29.2 Å². The van der Waals surface area contributed by atoms with Crippen LogP contribution in [0.2, 0.25) is 0 Å². The molecule has 1 aromatic rings. The molecule has 1 fully saturated rings. The number of thioether (sulfide) groups is 1. The number of anilines is 1. The van der Waals surface area contributed by atoms with E-state index in [1.165, 1.54) is 54.6 Å². The average molecular weight is 266 g/mol. The molecule has 0 bridgehead atoms. The lowest BCUT2D eigenvalue weighted by molar-refractivity contribution is 0.348. The molecule has 0 saturated heterocycles. The van der Waals surface area contributed by atoms with E-state index in [0.717, 1.165) is 0 Å². The highest BCUT2D eigenvalue weighted by molar-refractivity contribution is 8.17. The van der Waals surface area contributed by atoms with Crippen molar-refractivity contribution in [1.82, 2.24) is 0 Å². The van der Waals surface area contributed by atoms with E-state index in [1.54, 1.807) is 0 Å². The number of para-hydroxylation sites is 1. The summed E-state index contributed by atoms with van der Waals surface area (Å²) in [7, 11) is 0. The van der Waals surface area contributed by atoms with Gasteiger partial charge < -0.3 is 5.32 Å². The summed E-state index contributed by atoms with van der Waals surface area (Å²) in [5, 5.41) is 9.68. The molecule has 3 rings (SSSR count). The molecule has 0 spiro atoms. The van der Waals surface area contributed by atoms with Crippen LogP contribution in [0, 0.1) is 5.92 Å². The molecule has 2 nitrogen and oxygen atoms in total. The number of fused-ring (bicyclic) bond motifs is 1. The quantitative estimate of drug-likeness (QED) is 0.792. The summed E-state index contributed by atoms with van der Waals surface area (Å²) in [4.78, 5) is 1.34. The van der Waals surface area contributed by atoms with Crippen LogP contribution in [0.5, 0.6) is 0 Å². The van der Waals surface area contributed by atoms with E-state index in [2.05, 4.69) is 29.6 Å². The van der Waals surface area contributed by atoms with Crippen LogP contribution >= 0.6 is 23.7 Å². The van der Waals surface area contributed by atoms with Crippen molar-refractivity contribution < 1.29 is 0 Å². The molecule has 1 aromatic carbocycles. The Kier molecular flexibility index (Phi) is 3.28. The van der Waals surface area contributed by atoms with E-state index in [1.807, 2.05) is 11.8 Å². The van der Waals surface area contributed by atoms with E-state index in [4.69, 9.17) is 5.14 Å². The average Bonchev–Trinajstić information content (AvgIpc) is 2.79. The highest BCUT2D eigenvalue weighted by atomic mass is 32.2. The van der Waals surface area contributed by atoms with Crippen LogP contribution in [0.3, 0.4) is 0 Å². The van der Waals surface area contributed by atoms with Gasteiger partial charge in [0.05, 0.1) is 0 Å². The van der Waals surface area contributed by atoms with Crippen molar-refractivity contribution in [2.45, 2.75) is 41.2 Å². The summed E-state index contributed by atoms with van der Waals surface area (Å²) >= 11 is 3.41. The van der Waals surface area contributed by atoms with Gasteiger partial charge in [0.1, 0.15) is 0 Å². The Hall–Kier alpha value is -0.320. The summed E-state index contributed by atoms with van der Waals surface area (Å²) in [5.74, 6) is 0.684. The van der Waals surface area contributed by atoms with Crippen LogP contribution < -0.4 is 10.5 Å². The monoisotopic (exact) mass is 266 g/mol. The fourth-order valence-electron chi connectivity index (χ4n) is 2.85. The Labute approximate surface area is 111 Å². The number of nitrogens with one attached hydrogen (secondary N) is 1. The molecule has 1 saturated carbocycles. The minimum absolute atomic E-state index is 0.0237. The lowest BCUT2D eigenvalue weighted by Gasteiger charge is -2.37. The molecule has 1 heterocycles. The first-order chi connectivity index (χ1) is 8.34. The molecular weight excluding hydrogens is 248 g/mol. The first-order valence-corrected chi connectivity index (χ1v) is 7.98. The largest absolute Gasteiger partial charge is 0.360 e. The number of hydrogen-bond donors (Lipinski definition) is 2. The summed E-state index contributed by atoms with van der Waals surface area (Å²) in [5.41, 5.74) is 1.25. The lowest BCUT2D eigenvalue weighted by atomic mass is 9.88. The maximum atomic E-state index is 6.01. The number of hydrogen-bond acceptors (Lipinski definition) is 4. The van der Waals surface area contributed by atoms with Crippen molar-refractivity contribution >= 4 is 29.4 Å². The van der Waals surface area contributed by atoms with Crippen LogP contribution in [0.1, 0.15) is 32.1 Å². The third-order valence-corrected chi connectivity index (χ3v) is 6.41. The van der Waals surface area contributed by atoms with Gasteiger partial charge in [-0.15, -0.1) is 0 Å². The van der Waals surface area contributed by atoms with E-state index >= 15 is 0 Å². The van der Waals surface area contributed by atoms with Gasteiger partial charge in [0.15, 0.2) is 4.20 Å². The number of benzene rings is 1. The maximum Gasteiger partial charge on any atom is 0.152 e. The summed E-state index contributed by atoms with van der Waals surface area (Å²) in [6, 6.07) is 8.53. The Morgan fingerprint density at radius 3 is 2.71 bits per heavy atom. The third-order valence-electron chi connectivity index (χ3n) is 3.78. The van der Waals surface area contributed by atoms with Crippen molar-refractivity contribution in [2.75, 3.05) is 5.32 Å². The van der Waals surface area contributed by atoms with E-state index in [0.29, 0.717) is 5.92 Å². The Morgan fingerprint density at radius 1 is 1.24 bits per heavy atom. The molecule has 0 amide bonds. The van der Waals surface area contributed by atoms with Gasteiger partial charge in [0.2, 0.25) is 0 Å². The SMILES string of the molecule is NSC1(C2CCCCC2)Nc2ccccc2S1. The van der Waals surface area contributed by atoms with Gasteiger partial charge in [0.25, 0.3) is 0 Å². The molecule has 17 heavy (non-hydrogen) atoms. The summed E-state index contributed by atoms with van der Waals surface area (Å²) in [6.07, 6.45) is 6.70. The van der Waals surface area contributed by atoms with Gasteiger partial charge in [-0.2, -0.15) is 0 Å². The van der Waals surface area contributed by atoms with E-state index in [-0.39, 0.29) is 4.20 Å². The molecule has 1 aliphatic carbocycles. The maximum absolute atomic E-state index is 6.01. The highest BCUT2D eigenvalue weighted by Gasteiger charge is 2.44. The summed E-state index contributed by atoms with van der Waals surface area (Å²) in [6.45, 7) is 0. The van der Waals surface area contributed by atoms with Gasteiger partial charge in [-0.1, -0.05) is 43.2 Å². The normalized spacial score (nSPS) is 28.8. The molecule has 1 aliphatic heterocycles. The molecular formula is C13H18N2S2. The van der Waals surface area contributed by atoms with E-state index < -0.39 is 0 Å². The van der Waals surface area contributed by atoms with Gasteiger partial charge in [-0.25, -0.2) is 0 Å². The second-order valence-corrected chi connectivity index (χ2v) is 7.27. The predicted octanol–water partition coefficient (Wildman–Crippen LogP) is 4.05. The van der Waals surface area contributed by atoms with Crippen molar-refractivity contribution in [3.63, 3.8) is 0 Å². The van der Waals surface area contributed by atoms with Crippen molar-refractivity contribution in [1.29, 1.82) is 0 Å². The standard InChI is InChI=1S/C13H18N2S2/c14-17-13(10-6-2-1-3-7-10)15-11-8-4-5-9-12(11)16-13/h4-5,8-10,15H,1-3,6-7,14H2. The zero-order chi connectivity index (χ0) is 11.7. The molecule has 1 unspecified atom stereocenters. The third kappa shape index (κ3) is 2.07.